The maximum Gasteiger partial charge on any atom is 0.130 e. The van der Waals surface area contributed by atoms with Gasteiger partial charge in [0.15, 0.2) is 0 Å². The molecule has 0 aliphatic heterocycles. The van der Waals surface area contributed by atoms with E-state index in [0.29, 0.717) is 5.49 Å². The molecule has 2 N–H and O–H groups in total. The first kappa shape index (κ1) is 6.74. The highest BCUT2D eigenvalue weighted by Crippen LogP contribution is 1.87. The lowest BCUT2D eigenvalue weighted by Gasteiger charge is -1.96. The highest BCUT2D eigenvalue weighted by Gasteiger charge is 1.85. The standard InChI is InChI=1S/C7H9N3/c1-6-2-3-10(5-8)7(9)4-6/h2-5,8-9H,1H3. The van der Waals surface area contributed by atoms with Crippen molar-refractivity contribution in [2.45, 2.75) is 6.92 Å². The lowest BCUT2D eigenvalue weighted by atomic mass is 10.3. The van der Waals surface area contributed by atoms with E-state index in [2.05, 4.69) is 0 Å². The fraction of sp³-hybridized carbons (Fsp3) is 0.143. The lowest BCUT2D eigenvalue weighted by molar-refractivity contribution is 0.978. The van der Waals surface area contributed by atoms with Crippen LogP contribution in [0.25, 0.3) is 0 Å². The van der Waals surface area contributed by atoms with Gasteiger partial charge < -0.3 is 0 Å². The number of nitrogens with zero attached hydrogens (tertiary/aromatic N) is 1. The fourth-order valence-corrected chi connectivity index (χ4v) is 0.729. The number of aryl methyl sites for hydroxylation is 1. The summed E-state index contributed by atoms with van der Waals surface area (Å²) in [6.45, 7) is 1.92. The monoisotopic (exact) mass is 135 g/mol. The zero-order valence-electron chi connectivity index (χ0n) is 5.76. The van der Waals surface area contributed by atoms with Crippen LogP contribution < -0.4 is 5.49 Å². The minimum Gasteiger partial charge on any atom is -0.293 e. The molecule has 3 nitrogen and oxygen atoms in total. The van der Waals surface area contributed by atoms with Gasteiger partial charge in [0.05, 0.1) is 6.34 Å². The van der Waals surface area contributed by atoms with Crippen molar-refractivity contribution in [3.63, 3.8) is 0 Å². The number of nitrogens with one attached hydrogen (secondary N) is 2. The summed E-state index contributed by atoms with van der Waals surface area (Å²) >= 11 is 0. The molecule has 0 bridgehead atoms. The smallest absolute Gasteiger partial charge is 0.130 e. The van der Waals surface area contributed by atoms with Crippen LogP contribution in [0.2, 0.25) is 0 Å². The summed E-state index contributed by atoms with van der Waals surface area (Å²) in [5.74, 6) is 0. The summed E-state index contributed by atoms with van der Waals surface area (Å²) in [6.07, 6.45) is 2.81. The van der Waals surface area contributed by atoms with Gasteiger partial charge in [0.25, 0.3) is 0 Å². The normalized spacial score (nSPS) is 9.30. The molecule has 3 heteroatoms. The topological polar surface area (TPSA) is 52.6 Å². The Labute approximate surface area is 59.0 Å². The Morgan fingerprint density at radius 2 is 2.30 bits per heavy atom. The van der Waals surface area contributed by atoms with Crippen molar-refractivity contribution >= 4 is 6.34 Å². The van der Waals surface area contributed by atoms with Crippen LogP contribution in [0.5, 0.6) is 0 Å². The van der Waals surface area contributed by atoms with E-state index < -0.39 is 0 Å². The molecule has 1 aromatic rings. The van der Waals surface area contributed by atoms with Crippen molar-refractivity contribution in [3.05, 3.63) is 29.4 Å². The van der Waals surface area contributed by atoms with Crippen LogP contribution in [0.15, 0.2) is 18.3 Å². The van der Waals surface area contributed by atoms with Crippen molar-refractivity contribution in [1.82, 2.24) is 4.57 Å². The Balaban J connectivity index is 3.33. The van der Waals surface area contributed by atoms with Gasteiger partial charge in [-0.05, 0) is 24.6 Å². The Bertz CT molecular complexity index is 298. The second kappa shape index (κ2) is 2.47. The van der Waals surface area contributed by atoms with E-state index in [1.54, 1.807) is 12.3 Å². The average Bonchev–Trinajstić information content (AvgIpc) is 1.88. The summed E-state index contributed by atoms with van der Waals surface area (Å²) < 4.78 is 1.44. The molecular weight excluding hydrogens is 126 g/mol. The molecule has 0 atom stereocenters. The van der Waals surface area contributed by atoms with Crippen molar-refractivity contribution in [2.24, 2.45) is 0 Å². The predicted molar refractivity (Wildman–Crippen MR) is 39.2 cm³/mol. The molecule has 0 aliphatic rings. The minimum absolute atomic E-state index is 0.343. The van der Waals surface area contributed by atoms with Gasteiger partial charge >= 0.3 is 0 Å². The van der Waals surface area contributed by atoms with Crippen LogP contribution in [0.1, 0.15) is 5.56 Å². The second-order valence-corrected chi connectivity index (χ2v) is 2.13. The molecule has 52 valence electrons. The highest BCUT2D eigenvalue weighted by molar-refractivity contribution is 5.53. The molecule has 1 rings (SSSR count). The summed E-state index contributed by atoms with van der Waals surface area (Å²) in [7, 11) is 0. The van der Waals surface area contributed by atoms with E-state index in [4.69, 9.17) is 10.8 Å². The van der Waals surface area contributed by atoms with Gasteiger partial charge in [0.2, 0.25) is 0 Å². The molecule has 0 radical (unpaired) electrons. The first-order valence-corrected chi connectivity index (χ1v) is 2.98. The number of hydrogen-bond acceptors (Lipinski definition) is 2. The fourth-order valence-electron chi connectivity index (χ4n) is 0.729. The van der Waals surface area contributed by atoms with Crippen molar-refractivity contribution in [3.8, 4) is 0 Å². The summed E-state index contributed by atoms with van der Waals surface area (Å²) in [5.41, 5.74) is 1.39. The SMILES string of the molecule is Cc1ccn(C=N)c(=N)c1. The van der Waals surface area contributed by atoms with Crippen LogP contribution >= 0.6 is 0 Å². The molecule has 0 saturated carbocycles. The molecule has 0 aromatic carbocycles. The molecule has 0 fully saturated rings. The minimum atomic E-state index is 0.343. The third kappa shape index (κ3) is 1.13. The van der Waals surface area contributed by atoms with Gasteiger partial charge in [-0.25, -0.2) is 0 Å². The van der Waals surface area contributed by atoms with E-state index in [0.717, 1.165) is 11.9 Å². The van der Waals surface area contributed by atoms with Crippen LogP contribution in [0.3, 0.4) is 0 Å². The first-order valence-electron chi connectivity index (χ1n) is 2.98. The van der Waals surface area contributed by atoms with Gasteiger partial charge in [-0.1, -0.05) is 0 Å². The van der Waals surface area contributed by atoms with Crippen LogP contribution in [0, 0.1) is 17.7 Å². The molecule has 1 aromatic heterocycles. The average molecular weight is 135 g/mol. The zero-order valence-corrected chi connectivity index (χ0v) is 5.76. The Morgan fingerprint density at radius 3 is 2.80 bits per heavy atom. The predicted octanol–water partition coefficient (Wildman–Crippen LogP) is 0.731. The van der Waals surface area contributed by atoms with E-state index in [1.165, 1.54) is 4.57 Å². The second-order valence-electron chi connectivity index (χ2n) is 2.13. The third-order valence-corrected chi connectivity index (χ3v) is 1.28. The van der Waals surface area contributed by atoms with Gasteiger partial charge in [-0.15, -0.1) is 0 Å². The number of aromatic nitrogens is 1. The van der Waals surface area contributed by atoms with Crippen LogP contribution in [-0.2, 0) is 0 Å². The molecule has 0 aliphatic carbocycles. The number of rotatable bonds is 1. The third-order valence-electron chi connectivity index (χ3n) is 1.28. The number of hydrogen-bond donors (Lipinski definition) is 2. The maximum atomic E-state index is 7.32. The van der Waals surface area contributed by atoms with Crippen molar-refractivity contribution in [1.29, 1.82) is 10.8 Å². The molecule has 10 heavy (non-hydrogen) atoms. The Morgan fingerprint density at radius 1 is 1.60 bits per heavy atom. The van der Waals surface area contributed by atoms with Gasteiger partial charge in [-0.3, -0.25) is 15.4 Å². The summed E-state index contributed by atoms with van der Waals surface area (Å²) in [4.78, 5) is 0. The van der Waals surface area contributed by atoms with Crippen LogP contribution in [-0.4, -0.2) is 10.9 Å². The highest BCUT2D eigenvalue weighted by atomic mass is 15.0. The van der Waals surface area contributed by atoms with E-state index in [-0.39, 0.29) is 0 Å². The molecular formula is C7H9N3. The van der Waals surface area contributed by atoms with Crippen LogP contribution in [0.4, 0.5) is 0 Å². The summed E-state index contributed by atoms with van der Waals surface area (Å²) in [6, 6.07) is 3.58. The summed E-state index contributed by atoms with van der Waals surface area (Å²) in [5, 5.41) is 14.2. The Hall–Kier alpha value is -1.38. The van der Waals surface area contributed by atoms with Crippen molar-refractivity contribution in [2.75, 3.05) is 0 Å². The maximum absolute atomic E-state index is 7.32. The number of pyridine rings is 1. The van der Waals surface area contributed by atoms with Gasteiger partial charge in [0.1, 0.15) is 5.49 Å². The molecule has 0 saturated heterocycles. The largest absolute Gasteiger partial charge is 0.293 e. The quantitative estimate of drug-likeness (QED) is 0.421. The molecule has 0 amide bonds. The zero-order chi connectivity index (χ0) is 7.56. The van der Waals surface area contributed by atoms with E-state index in [9.17, 15) is 0 Å². The van der Waals surface area contributed by atoms with E-state index in [1.807, 2.05) is 13.0 Å². The van der Waals surface area contributed by atoms with Crippen molar-refractivity contribution < 1.29 is 0 Å². The Kier molecular flexibility index (Phi) is 1.67. The molecule has 0 spiro atoms. The van der Waals surface area contributed by atoms with E-state index >= 15 is 0 Å². The van der Waals surface area contributed by atoms with Gasteiger partial charge in [0, 0.05) is 6.20 Å². The lowest BCUT2D eigenvalue weighted by Crippen LogP contribution is -2.17. The first-order chi connectivity index (χ1) is 4.74. The molecule has 0 unspecified atom stereocenters. The van der Waals surface area contributed by atoms with Gasteiger partial charge in [-0.2, -0.15) is 0 Å². The molecule has 1 heterocycles.